The van der Waals surface area contributed by atoms with E-state index >= 15 is 0 Å². The summed E-state index contributed by atoms with van der Waals surface area (Å²) in [6.07, 6.45) is 0.255. The van der Waals surface area contributed by atoms with Crippen LogP contribution in [0.2, 0.25) is 0 Å². The second-order valence-electron chi connectivity index (χ2n) is 4.75. The lowest BCUT2D eigenvalue weighted by molar-refractivity contribution is 0.167. The van der Waals surface area contributed by atoms with Crippen molar-refractivity contribution < 1.29 is 13.9 Å². The Morgan fingerprint density at radius 2 is 2.05 bits per heavy atom. The van der Waals surface area contributed by atoms with Crippen molar-refractivity contribution in [2.24, 2.45) is 0 Å². The molecule has 1 heterocycles. The van der Waals surface area contributed by atoms with Gasteiger partial charge >= 0.3 is 0 Å². The summed E-state index contributed by atoms with van der Waals surface area (Å²) in [4.78, 5) is 0. The van der Waals surface area contributed by atoms with E-state index in [4.69, 9.17) is 0 Å². The van der Waals surface area contributed by atoms with Crippen LogP contribution in [0.3, 0.4) is 0 Å². The third kappa shape index (κ3) is 3.70. The summed E-state index contributed by atoms with van der Waals surface area (Å²) in [7, 11) is 0. The average molecular weight is 383 g/mol. The van der Waals surface area contributed by atoms with E-state index < -0.39 is 17.7 Å². The van der Waals surface area contributed by atoms with E-state index in [-0.39, 0.29) is 21.7 Å². The van der Waals surface area contributed by atoms with Crippen LogP contribution >= 0.6 is 39.5 Å². The topological polar surface area (TPSA) is 20.2 Å². The molecule has 1 saturated heterocycles. The molecule has 3 atom stereocenters. The van der Waals surface area contributed by atoms with Crippen molar-refractivity contribution >= 4 is 39.5 Å². The van der Waals surface area contributed by atoms with Crippen LogP contribution in [0.5, 0.6) is 0 Å². The number of aliphatic hydroxyl groups excluding tert-OH is 1. The summed E-state index contributed by atoms with van der Waals surface area (Å²) < 4.78 is 27.9. The molecule has 0 radical (unpaired) electrons. The van der Waals surface area contributed by atoms with Gasteiger partial charge in [0, 0.05) is 34.0 Å². The van der Waals surface area contributed by atoms with Gasteiger partial charge in [-0.3, -0.25) is 0 Å². The molecule has 1 N–H and O–H groups in total. The fourth-order valence-electron chi connectivity index (χ4n) is 2.38. The number of hydrogen-bond donors (Lipinski definition) is 1. The van der Waals surface area contributed by atoms with Gasteiger partial charge < -0.3 is 5.11 Å². The first-order valence-corrected chi connectivity index (χ1v) is 9.47. The molecule has 3 unspecified atom stereocenters. The molecule has 1 aromatic rings. The van der Waals surface area contributed by atoms with Crippen LogP contribution < -0.4 is 0 Å². The van der Waals surface area contributed by atoms with Crippen molar-refractivity contribution in [2.45, 2.75) is 36.4 Å². The predicted octanol–water partition coefficient (Wildman–Crippen LogP) is 4.26. The number of hydrogen-bond acceptors (Lipinski definition) is 3. The Labute approximate surface area is 135 Å². The van der Waals surface area contributed by atoms with Crippen molar-refractivity contribution in [1.29, 1.82) is 0 Å². The van der Waals surface area contributed by atoms with Gasteiger partial charge in [0.2, 0.25) is 0 Å². The molecule has 2 rings (SSSR count). The minimum absolute atomic E-state index is 0.0197. The van der Waals surface area contributed by atoms with E-state index in [0.29, 0.717) is 5.25 Å². The van der Waals surface area contributed by atoms with Gasteiger partial charge in [0.05, 0.1) is 10.6 Å². The highest BCUT2D eigenvalue weighted by Crippen LogP contribution is 2.36. The highest BCUT2D eigenvalue weighted by atomic mass is 79.9. The highest BCUT2D eigenvalue weighted by Gasteiger charge is 2.32. The first-order chi connectivity index (χ1) is 9.54. The van der Waals surface area contributed by atoms with E-state index in [1.807, 2.05) is 11.8 Å². The fraction of sp³-hybridized carbons (Fsp3) is 0.571. The van der Waals surface area contributed by atoms with Gasteiger partial charge in [-0.05, 0) is 34.5 Å². The minimum atomic E-state index is -0.726. The molecule has 112 valence electrons. The SMILES string of the molecule is CCC1SCCSC1C(O)Cc1c(F)ccc(Br)c1F. The van der Waals surface area contributed by atoms with E-state index in [2.05, 4.69) is 22.9 Å². The van der Waals surface area contributed by atoms with Crippen molar-refractivity contribution in [3.05, 3.63) is 33.8 Å². The summed E-state index contributed by atoms with van der Waals surface area (Å²) in [5, 5.41) is 10.8. The lowest BCUT2D eigenvalue weighted by atomic mass is 10.0. The lowest BCUT2D eigenvalue weighted by Gasteiger charge is -2.33. The maximum absolute atomic E-state index is 14.0. The van der Waals surface area contributed by atoms with Crippen molar-refractivity contribution in [1.82, 2.24) is 0 Å². The Morgan fingerprint density at radius 1 is 1.35 bits per heavy atom. The van der Waals surface area contributed by atoms with Gasteiger partial charge in [-0.1, -0.05) is 6.92 Å². The smallest absolute Gasteiger partial charge is 0.143 e. The molecule has 0 aliphatic carbocycles. The number of halogens is 3. The number of aliphatic hydroxyl groups is 1. The molecule has 0 amide bonds. The molecule has 0 aromatic heterocycles. The third-order valence-electron chi connectivity index (χ3n) is 3.43. The fourth-order valence-corrected chi connectivity index (χ4v) is 5.90. The van der Waals surface area contributed by atoms with Crippen LogP contribution in [0.25, 0.3) is 0 Å². The summed E-state index contributed by atoms with van der Waals surface area (Å²) in [5.41, 5.74) is -0.0297. The third-order valence-corrected chi connectivity index (χ3v) is 7.43. The quantitative estimate of drug-likeness (QED) is 0.785. The molecule has 1 aliphatic rings. The summed E-state index contributed by atoms with van der Waals surface area (Å²) in [6, 6.07) is 2.58. The number of benzene rings is 1. The van der Waals surface area contributed by atoms with Crippen LogP contribution in [0.4, 0.5) is 8.78 Å². The zero-order valence-electron chi connectivity index (χ0n) is 11.1. The molecule has 6 heteroatoms. The lowest BCUT2D eigenvalue weighted by Crippen LogP contribution is -2.37. The monoisotopic (exact) mass is 382 g/mol. The molecule has 0 saturated carbocycles. The molecule has 20 heavy (non-hydrogen) atoms. The van der Waals surface area contributed by atoms with Crippen LogP contribution in [-0.2, 0) is 6.42 Å². The molecule has 0 bridgehead atoms. The maximum atomic E-state index is 14.0. The molecule has 1 nitrogen and oxygen atoms in total. The zero-order chi connectivity index (χ0) is 14.7. The Hall–Kier alpha value is 0.220. The van der Waals surface area contributed by atoms with Gasteiger partial charge in [0.15, 0.2) is 0 Å². The summed E-state index contributed by atoms with van der Waals surface area (Å²) >= 11 is 6.61. The van der Waals surface area contributed by atoms with E-state index in [9.17, 15) is 13.9 Å². The Morgan fingerprint density at radius 3 is 2.75 bits per heavy atom. The molecule has 1 aromatic carbocycles. The van der Waals surface area contributed by atoms with Crippen LogP contribution in [0.1, 0.15) is 18.9 Å². The summed E-state index contributed by atoms with van der Waals surface area (Å²) in [5.74, 6) is 0.857. The molecule has 1 aliphatic heterocycles. The van der Waals surface area contributed by atoms with Gasteiger partial charge in [-0.2, -0.15) is 23.5 Å². The zero-order valence-corrected chi connectivity index (χ0v) is 14.3. The van der Waals surface area contributed by atoms with Gasteiger partial charge in [0.1, 0.15) is 11.6 Å². The van der Waals surface area contributed by atoms with E-state index in [0.717, 1.165) is 17.9 Å². The molecule has 1 fully saturated rings. The van der Waals surface area contributed by atoms with Gasteiger partial charge in [-0.15, -0.1) is 0 Å². The predicted molar refractivity (Wildman–Crippen MR) is 86.6 cm³/mol. The molecular formula is C14H17BrF2OS2. The minimum Gasteiger partial charge on any atom is -0.392 e. The second-order valence-corrected chi connectivity index (χ2v) is 8.23. The van der Waals surface area contributed by atoms with Crippen LogP contribution in [0, 0.1) is 11.6 Å². The molecular weight excluding hydrogens is 366 g/mol. The van der Waals surface area contributed by atoms with Crippen molar-refractivity contribution in [3.8, 4) is 0 Å². The van der Waals surface area contributed by atoms with Crippen LogP contribution in [-0.4, -0.2) is 33.2 Å². The van der Waals surface area contributed by atoms with Gasteiger partial charge in [-0.25, -0.2) is 8.78 Å². The Kier molecular flexibility index (Phi) is 6.20. The van der Waals surface area contributed by atoms with E-state index in [1.54, 1.807) is 11.8 Å². The molecule has 0 spiro atoms. The average Bonchev–Trinajstić information content (AvgIpc) is 2.47. The summed E-state index contributed by atoms with van der Waals surface area (Å²) in [6.45, 7) is 2.09. The Balaban J connectivity index is 2.15. The van der Waals surface area contributed by atoms with Crippen molar-refractivity contribution in [2.75, 3.05) is 11.5 Å². The second kappa shape index (κ2) is 7.47. The standard InChI is InChI=1S/C14H17BrF2OS2/c1-2-12-14(20-6-5-19-12)11(18)7-8-10(16)4-3-9(15)13(8)17/h3-4,11-12,14,18H,2,5-7H2,1H3. The number of rotatable bonds is 4. The Bertz CT molecular complexity index is 473. The number of thioether (sulfide) groups is 2. The first-order valence-electron chi connectivity index (χ1n) is 6.58. The van der Waals surface area contributed by atoms with Crippen molar-refractivity contribution in [3.63, 3.8) is 0 Å². The largest absolute Gasteiger partial charge is 0.392 e. The highest BCUT2D eigenvalue weighted by molar-refractivity contribution is 9.10. The van der Waals surface area contributed by atoms with Gasteiger partial charge in [0.25, 0.3) is 0 Å². The van der Waals surface area contributed by atoms with Crippen LogP contribution in [0.15, 0.2) is 16.6 Å². The maximum Gasteiger partial charge on any atom is 0.143 e. The van der Waals surface area contributed by atoms with E-state index in [1.165, 1.54) is 12.1 Å². The first kappa shape index (κ1) is 16.6. The normalized spacial score (nSPS) is 24.6.